The van der Waals surface area contributed by atoms with E-state index in [-0.39, 0.29) is 6.04 Å². The van der Waals surface area contributed by atoms with Crippen LogP contribution in [0.25, 0.3) is 0 Å². The van der Waals surface area contributed by atoms with E-state index in [1.54, 1.807) is 6.26 Å². The molecule has 0 aliphatic heterocycles. The molecule has 0 fully saturated rings. The van der Waals surface area contributed by atoms with Crippen LogP contribution < -0.4 is 5.32 Å². The molecule has 0 saturated heterocycles. The van der Waals surface area contributed by atoms with Gasteiger partial charge in [0.15, 0.2) is 0 Å². The first kappa shape index (κ1) is 15.4. The van der Waals surface area contributed by atoms with Crippen LogP contribution in [0.3, 0.4) is 0 Å². The van der Waals surface area contributed by atoms with Gasteiger partial charge in [-0.05, 0) is 42.8 Å². The molecular formula is C16H19Cl2NO. The third kappa shape index (κ3) is 3.57. The minimum Gasteiger partial charge on any atom is -0.469 e. The van der Waals surface area contributed by atoms with Crippen molar-refractivity contribution in [2.45, 2.75) is 32.7 Å². The molecule has 4 heteroatoms. The molecular weight excluding hydrogens is 293 g/mol. The Morgan fingerprint density at radius 2 is 2.00 bits per heavy atom. The van der Waals surface area contributed by atoms with Gasteiger partial charge in [-0.2, -0.15) is 0 Å². The topological polar surface area (TPSA) is 25.2 Å². The third-order valence-corrected chi connectivity index (χ3v) is 3.96. The highest BCUT2D eigenvalue weighted by Gasteiger charge is 2.18. The van der Waals surface area contributed by atoms with Crippen LogP contribution in [0, 0.1) is 0 Å². The highest BCUT2D eigenvalue weighted by Crippen LogP contribution is 2.28. The molecule has 0 saturated carbocycles. The minimum absolute atomic E-state index is 0.185. The Labute approximate surface area is 130 Å². The molecule has 2 aromatic rings. The maximum Gasteiger partial charge on any atom is 0.108 e. The van der Waals surface area contributed by atoms with Crippen molar-refractivity contribution in [3.05, 3.63) is 57.5 Å². The summed E-state index contributed by atoms with van der Waals surface area (Å²) in [6.45, 7) is 5.08. The standard InChI is InChI=1S/C16H19Cl2NO/c1-3-16-13(7-8-20-16)15(19-4-2)10-11-9-12(17)5-6-14(11)18/h5-9,15,19H,3-4,10H2,1-2H3. The number of likely N-dealkylation sites (N-methyl/N-ethyl adjacent to an activating group) is 1. The van der Waals surface area contributed by atoms with Gasteiger partial charge in [-0.1, -0.05) is 37.0 Å². The van der Waals surface area contributed by atoms with Gasteiger partial charge < -0.3 is 9.73 Å². The molecule has 2 rings (SSSR count). The third-order valence-electron chi connectivity index (χ3n) is 3.36. The summed E-state index contributed by atoms with van der Waals surface area (Å²) in [4.78, 5) is 0. The summed E-state index contributed by atoms with van der Waals surface area (Å²) in [6.07, 6.45) is 3.42. The fourth-order valence-electron chi connectivity index (χ4n) is 2.41. The van der Waals surface area contributed by atoms with Gasteiger partial charge in [0.1, 0.15) is 5.76 Å². The average molecular weight is 312 g/mol. The summed E-state index contributed by atoms with van der Waals surface area (Å²) < 4.78 is 5.53. The first-order chi connectivity index (χ1) is 9.65. The molecule has 0 bridgehead atoms. The summed E-state index contributed by atoms with van der Waals surface area (Å²) in [5.41, 5.74) is 2.25. The van der Waals surface area contributed by atoms with Gasteiger partial charge >= 0.3 is 0 Å². The van der Waals surface area contributed by atoms with E-state index in [2.05, 4.69) is 19.2 Å². The SMILES string of the molecule is CCNC(Cc1cc(Cl)ccc1Cl)c1ccoc1CC. The van der Waals surface area contributed by atoms with Crippen LogP contribution in [0.5, 0.6) is 0 Å². The smallest absolute Gasteiger partial charge is 0.108 e. The van der Waals surface area contributed by atoms with Crippen molar-refractivity contribution < 1.29 is 4.42 Å². The second-order valence-corrected chi connectivity index (χ2v) is 5.55. The van der Waals surface area contributed by atoms with Gasteiger partial charge in [-0.3, -0.25) is 0 Å². The molecule has 1 N–H and O–H groups in total. The maximum atomic E-state index is 6.27. The molecule has 0 aliphatic rings. The molecule has 1 aromatic heterocycles. The van der Waals surface area contributed by atoms with Gasteiger partial charge in [0.25, 0.3) is 0 Å². The van der Waals surface area contributed by atoms with Crippen LogP contribution in [0.1, 0.15) is 36.8 Å². The molecule has 2 nitrogen and oxygen atoms in total. The summed E-state index contributed by atoms with van der Waals surface area (Å²) >= 11 is 12.3. The number of halogens is 2. The number of furan rings is 1. The highest BCUT2D eigenvalue weighted by atomic mass is 35.5. The Kier molecular flexibility index (Phi) is 5.53. The molecule has 1 unspecified atom stereocenters. The van der Waals surface area contributed by atoms with Crippen molar-refractivity contribution in [2.24, 2.45) is 0 Å². The number of hydrogen-bond donors (Lipinski definition) is 1. The molecule has 0 aliphatic carbocycles. The molecule has 1 atom stereocenters. The Bertz CT molecular complexity index is 565. The van der Waals surface area contributed by atoms with Crippen LogP contribution >= 0.6 is 23.2 Å². The predicted molar refractivity (Wildman–Crippen MR) is 84.7 cm³/mol. The van der Waals surface area contributed by atoms with Crippen LogP contribution in [0.4, 0.5) is 0 Å². The molecule has 0 radical (unpaired) electrons. The number of hydrogen-bond acceptors (Lipinski definition) is 2. The number of benzene rings is 1. The highest BCUT2D eigenvalue weighted by molar-refractivity contribution is 6.33. The largest absolute Gasteiger partial charge is 0.469 e. The van der Waals surface area contributed by atoms with Gasteiger partial charge in [-0.15, -0.1) is 0 Å². The lowest BCUT2D eigenvalue weighted by molar-refractivity contribution is 0.487. The van der Waals surface area contributed by atoms with E-state index < -0.39 is 0 Å². The molecule has 0 spiro atoms. The van der Waals surface area contributed by atoms with E-state index in [1.807, 2.05) is 24.3 Å². The first-order valence-corrected chi connectivity index (χ1v) is 7.64. The summed E-state index contributed by atoms with van der Waals surface area (Å²) in [5, 5.41) is 4.95. The fourth-order valence-corrected chi connectivity index (χ4v) is 2.80. The van der Waals surface area contributed by atoms with E-state index in [0.717, 1.165) is 35.7 Å². The Morgan fingerprint density at radius 3 is 2.70 bits per heavy atom. The second-order valence-electron chi connectivity index (χ2n) is 4.70. The molecule has 0 amide bonds. The summed E-state index contributed by atoms with van der Waals surface area (Å²) in [7, 11) is 0. The Morgan fingerprint density at radius 1 is 1.20 bits per heavy atom. The molecule has 1 heterocycles. The number of aryl methyl sites for hydroxylation is 1. The van der Waals surface area contributed by atoms with Gasteiger partial charge in [0, 0.05) is 28.1 Å². The average Bonchev–Trinajstić information content (AvgIpc) is 2.90. The second kappa shape index (κ2) is 7.16. The number of nitrogens with one attached hydrogen (secondary N) is 1. The van der Waals surface area contributed by atoms with E-state index in [1.165, 1.54) is 5.56 Å². The molecule has 108 valence electrons. The van der Waals surface area contributed by atoms with Crippen LogP contribution in [0.15, 0.2) is 34.9 Å². The lowest BCUT2D eigenvalue weighted by Crippen LogP contribution is -2.23. The van der Waals surface area contributed by atoms with Gasteiger partial charge in [0.2, 0.25) is 0 Å². The predicted octanol–water partition coefficient (Wildman–Crippen LogP) is 5.04. The number of rotatable bonds is 6. The van der Waals surface area contributed by atoms with Gasteiger partial charge in [-0.25, -0.2) is 0 Å². The Balaban J connectivity index is 2.27. The summed E-state index contributed by atoms with van der Waals surface area (Å²) in [5.74, 6) is 1.02. The monoisotopic (exact) mass is 311 g/mol. The maximum absolute atomic E-state index is 6.27. The zero-order valence-electron chi connectivity index (χ0n) is 11.7. The van der Waals surface area contributed by atoms with Crippen LogP contribution in [0.2, 0.25) is 10.0 Å². The van der Waals surface area contributed by atoms with Crippen LogP contribution in [-0.2, 0) is 12.8 Å². The Hall–Kier alpha value is -0.960. The minimum atomic E-state index is 0.185. The van der Waals surface area contributed by atoms with Crippen molar-refractivity contribution in [3.8, 4) is 0 Å². The normalized spacial score (nSPS) is 12.6. The van der Waals surface area contributed by atoms with E-state index >= 15 is 0 Å². The van der Waals surface area contributed by atoms with Gasteiger partial charge in [0.05, 0.1) is 6.26 Å². The van der Waals surface area contributed by atoms with Crippen molar-refractivity contribution in [1.82, 2.24) is 5.32 Å². The molecule has 1 aromatic carbocycles. The molecule has 20 heavy (non-hydrogen) atoms. The zero-order valence-corrected chi connectivity index (χ0v) is 13.3. The van der Waals surface area contributed by atoms with Crippen molar-refractivity contribution in [2.75, 3.05) is 6.54 Å². The van der Waals surface area contributed by atoms with E-state index in [4.69, 9.17) is 27.6 Å². The fraction of sp³-hybridized carbons (Fsp3) is 0.375. The van der Waals surface area contributed by atoms with Crippen molar-refractivity contribution in [1.29, 1.82) is 0 Å². The van der Waals surface area contributed by atoms with Crippen molar-refractivity contribution in [3.63, 3.8) is 0 Å². The quantitative estimate of drug-likeness (QED) is 0.808. The lowest BCUT2D eigenvalue weighted by atomic mass is 9.98. The lowest BCUT2D eigenvalue weighted by Gasteiger charge is -2.19. The van der Waals surface area contributed by atoms with Crippen LogP contribution in [-0.4, -0.2) is 6.54 Å². The summed E-state index contributed by atoms with van der Waals surface area (Å²) in [6, 6.07) is 7.80. The van der Waals surface area contributed by atoms with Crippen molar-refractivity contribution >= 4 is 23.2 Å². The van der Waals surface area contributed by atoms with E-state index in [0.29, 0.717) is 5.02 Å². The van der Waals surface area contributed by atoms with E-state index in [9.17, 15) is 0 Å². The first-order valence-electron chi connectivity index (χ1n) is 6.89. The zero-order chi connectivity index (χ0) is 14.5.